The van der Waals surface area contributed by atoms with Crippen molar-refractivity contribution in [1.82, 2.24) is 4.90 Å². The van der Waals surface area contributed by atoms with Crippen LogP contribution in [-0.2, 0) is 4.74 Å². The van der Waals surface area contributed by atoms with Crippen molar-refractivity contribution in [2.45, 2.75) is 39.8 Å². The SMILES string of the molecule is CC(C)[C@@H]1COCCN1C(C)C. The molecule has 0 N–H and O–H groups in total. The number of hydrogen-bond donors (Lipinski definition) is 0. The van der Waals surface area contributed by atoms with Crippen molar-refractivity contribution in [3.8, 4) is 0 Å². The molecule has 1 aliphatic heterocycles. The summed E-state index contributed by atoms with van der Waals surface area (Å²) in [6.07, 6.45) is 0. The molecule has 1 heterocycles. The number of morpholine rings is 1. The molecule has 1 saturated heterocycles. The quantitative estimate of drug-likeness (QED) is 0.627. The smallest absolute Gasteiger partial charge is 0.0625 e. The third-order valence-electron chi connectivity index (χ3n) is 2.64. The molecule has 2 heteroatoms. The molecule has 1 atom stereocenters. The van der Waals surface area contributed by atoms with E-state index < -0.39 is 0 Å². The molecule has 72 valence electrons. The first-order valence-corrected chi connectivity index (χ1v) is 4.96. The molecule has 2 nitrogen and oxygen atoms in total. The second-order valence-corrected chi connectivity index (χ2v) is 4.22. The lowest BCUT2D eigenvalue weighted by molar-refractivity contribution is -0.0386. The van der Waals surface area contributed by atoms with Crippen molar-refractivity contribution in [3.63, 3.8) is 0 Å². The van der Waals surface area contributed by atoms with Gasteiger partial charge in [0.2, 0.25) is 0 Å². The van der Waals surface area contributed by atoms with Gasteiger partial charge in [0.15, 0.2) is 0 Å². The maximum absolute atomic E-state index is 5.48. The molecule has 0 radical (unpaired) electrons. The van der Waals surface area contributed by atoms with E-state index in [2.05, 4.69) is 32.6 Å². The number of hydrogen-bond acceptors (Lipinski definition) is 2. The molecule has 12 heavy (non-hydrogen) atoms. The van der Waals surface area contributed by atoms with E-state index in [0.717, 1.165) is 19.8 Å². The van der Waals surface area contributed by atoms with Crippen LogP contribution in [0.25, 0.3) is 0 Å². The fourth-order valence-corrected chi connectivity index (χ4v) is 1.85. The molecule has 0 aromatic carbocycles. The van der Waals surface area contributed by atoms with Gasteiger partial charge in [0.05, 0.1) is 13.2 Å². The van der Waals surface area contributed by atoms with E-state index in [0.29, 0.717) is 18.0 Å². The minimum atomic E-state index is 0.624. The van der Waals surface area contributed by atoms with Crippen LogP contribution in [0.15, 0.2) is 0 Å². The fourth-order valence-electron chi connectivity index (χ4n) is 1.85. The zero-order valence-electron chi connectivity index (χ0n) is 8.71. The molecule has 0 aromatic heterocycles. The molecular formula is C10H21NO. The molecule has 0 aromatic rings. The Morgan fingerprint density at radius 2 is 1.92 bits per heavy atom. The molecule has 0 saturated carbocycles. The van der Waals surface area contributed by atoms with Crippen molar-refractivity contribution >= 4 is 0 Å². The minimum Gasteiger partial charge on any atom is -0.378 e. The van der Waals surface area contributed by atoms with E-state index in [-0.39, 0.29) is 0 Å². The summed E-state index contributed by atoms with van der Waals surface area (Å²) in [5.41, 5.74) is 0. The average molecular weight is 171 g/mol. The Morgan fingerprint density at radius 1 is 1.25 bits per heavy atom. The van der Waals surface area contributed by atoms with Crippen molar-refractivity contribution in [2.24, 2.45) is 5.92 Å². The second-order valence-electron chi connectivity index (χ2n) is 4.22. The highest BCUT2D eigenvalue weighted by molar-refractivity contribution is 4.79. The summed E-state index contributed by atoms with van der Waals surface area (Å²) in [4.78, 5) is 2.55. The third kappa shape index (κ3) is 2.20. The first-order chi connectivity index (χ1) is 5.63. The number of nitrogens with zero attached hydrogens (tertiary/aromatic N) is 1. The van der Waals surface area contributed by atoms with Crippen LogP contribution < -0.4 is 0 Å². The average Bonchev–Trinajstić information content (AvgIpc) is 2.04. The Morgan fingerprint density at radius 3 is 2.33 bits per heavy atom. The Kier molecular flexibility index (Phi) is 3.53. The monoisotopic (exact) mass is 171 g/mol. The lowest BCUT2D eigenvalue weighted by Gasteiger charge is -2.40. The second kappa shape index (κ2) is 4.24. The summed E-state index contributed by atoms with van der Waals surface area (Å²) in [6, 6.07) is 1.28. The lowest BCUT2D eigenvalue weighted by atomic mass is 10.0. The van der Waals surface area contributed by atoms with Crippen LogP contribution >= 0.6 is 0 Å². The highest BCUT2D eigenvalue weighted by Gasteiger charge is 2.26. The number of ether oxygens (including phenoxy) is 1. The van der Waals surface area contributed by atoms with Gasteiger partial charge < -0.3 is 4.74 Å². The van der Waals surface area contributed by atoms with Gasteiger partial charge in [-0.2, -0.15) is 0 Å². The van der Waals surface area contributed by atoms with Gasteiger partial charge >= 0.3 is 0 Å². The van der Waals surface area contributed by atoms with E-state index >= 15 is 0 Å². The molecule has 0 spiro atoms. The van der Waals surface area contributed by atoms with Crippen LogP contribution in [0, 0.1) is 5.92 Å². The normalized spacial score (nSPS) is 27.0. The Bertz CT molecular complexity index is 118. The molecule has 1 aliphatic rings. The summed E-state index contributed by atoms with van der Waals surface area (Å²) in [5, 5.41) is 0. The van der Waals surface area contributed by atoms with Gasteiger partial charge in [-0.25, -0.2) is 0 Å². The minimum absolute atomic E-state index is 0.624. The molecule has 1 rings (SSSR count). The Balaban J connectivity index is 2.54. The molecular weight excluding hydrogens is 150 g/mol. The van der Waals surface area contributed by atoms with Gasteiger partial charge in [-0.05, 0) is 19.8 Å². The van der Waals surface area contributed by atoms with Crippen LogP contribution in [0.1, 0.15) is 27.7 Å². The van der Waals surface area contributed by atoms with Crippen molar-refractivity contribution < 1.29 is 4.74 Å². The highest BCUT2D eigenvalue weighted by atomic mass is 16.5. The highest BCUT2D eigenvalue weighted by Crippen LogP contribution is 2.17. The molecule has 0 unspecified atom stereocenters. The summed E-state index contributed by atoms with van der Waals surface area (Å²) in [5.74, 6) is 0.702. The van der Waals surface area contributed by atoms with Gasteiger partial charge in [-0.15, -0.1) is 0 Å². The standard InChI is InChI=1S/C10H21NO/c1-8(2)10-7-12-6-5-11(10)9(3)4/h8-10H,5-7H2,1-4H3/t10-/m0/s1. The summed E-state index contributed by atoms with van der Waals surface area (Å²) in [6.45, 7) is 12.0. The third-order valence-corrected chi connectivity index (χ3v) is 2.64. The van der Waals surface area contributed by atoms with E-state index in [9.17, 15) is 0 Å². The first-order valence-electron chi connectivity index (χ1n) is 4.96. The maximum Gasteiger partial charge on any atom is 0.0625 e. The van der Waals surface area contributed by atoms with E-state index in [1.807, 2.05) is 0 Å². The van der Waals surface area contributed by atoms with Crippen molar-refractivity contribution in [2.75, 3.05) is 19.8 Å². The topological polar surface area (TPSA) is 12.5 Å². The Hall–Kier alpha value is -0.0800. The largest absolute Gasteiger partial charge is 0.378 e. The van der Waals surface area contributed by atoms with Crippen LogP contribution in [0.5, 0.6) is 0 Å². The van der Waals surface area contributed by atoms with E-state index in [1.165, 1.54) is 0 Å². The molecule has 0 bridgehead atoms. The van der Waals surface area contributed by atoms with Crippen LogP contribution in [-0.4, -0.2) is 36.7 Å². The Labute approximate surface area is 75.9 Å². The maximum atomic E-state index is 5.48. The zero-order valence-corrected chi connectivity index (χ0v) is 8.71. The summed E-state index contributed by atoms with van der Waals surface area (Å²) >= 11 is 0. The zero-order chi connectivity index (χ0) is 9.14. The van der Waals surface area contributed by atoms with Crippen molar-refractivity contribution in [1.29, 1.82) is 0 Å². The van der Waals surface area contributed by atoms with E-state index in [1.54, 1.807) is 0 Å². The predicted octanol–water partition coefficient (Wildman–Crippen LogP) is 1.75. The lowest BCUT2D eigenvalue weighted by Crippen LogP contribution is -2.51. The van der Waals surface area contributed by atoms with Crippen LogP contribution in [0.3, 0.4) is 0 Å². The van der Waals surface area contributed by atoms with Gasteiger partial charge in [0.25, 0.3) is 0 Å². The van der Waals surface area contributed by atoms with Gasteiger partial charge in [-0.1, -0.05) is 13.8 Å². The molecule has 1 fully saturated rings. The summed E-state index contributed by atoms with van der Waals surface area (Å²) in [7, 11) is 0. The van der Waals surface area contributed by atoms with Gasteiger partial charge in [0, 0.05) is 18.6 Å². The van der Waals surface area contributed by atoms with Gasteiger partial charge in [-0.3, -0.25) is 4.90 Å². The van der Waals surface area contributed by atoms with E-state index in [4.69, 9.17) is 4.74 Å². The fraction of sp³-hybridized carbons (Fsp3) is 1.00. The van der Waals surface area contributed by atoms with Gasteiger partial charge in [0.1, 0.15) is 0 Å². The van der Waals surface area contributed by atoms with Crippen molar-refractivity contribution in [3.05, 3.63) is 0 Å². The van der Waals surface area contributed by atoms with Crippen LogP contribution in [0.2, 0.25) is 0 Å². The molecule has 0 amide bonds. The summed E-state index contributed by atoms with van der Waals surface area (Å²) < 4.78 is 5.48. The predicted molar refractivity (Wildman–Crippen MR) is 51.3 cm³/mol. The van der Waals surface area contributed by atoms with Crippen LogP contribution in [0.4, 0.5) is 0 Å². The molecule has 0 aliphatic carbocycles. The first kappa shape index (κ1) is 10.0. The number of rotatable bonds is 2.